The fourth-order valence-corrected chi connectivity index (χ4v) is 2.71. The van der Waals surface area contributed by atoms with E-state index in [1.165, 1.54) is 12.7 Å². The van der Waals surface area contributed by atoms with Crippen LogP contribution in [0.15, 0.2) is 67.0 Å². The van der Waals surface area contributed by atoms with Crippen molar-refractivity contribution in [3.63, 3.8) is 0 Å². The van der Waals surface area contributed by atoms with Gasteiger partial charge >= 0.3 is 0 Å². The van der Waals surface area contributed by atoms with Crippen molar-refractivity contribution in [2.45, 2.75) is 6.42 Å². The predicted molar refractivity (Wildman–Crippen MR) is 99.4 cm³/mol. The topological polar surface area (TPSA) is 51.2 Å². The standard InChI is InChI=1S/C20H17ClN2O2/c1-25-19-7-4-16(13-18(19)21)20(24)23-17-5-2-14(3-6-17)12-15-8-10-22-11-9-15/h2-11,13H,12H2,1H3,(H,23,24). The summed E-state index contributed by atoms with van der Waals surface area (Å²) >= 11 is 6.06. The molecule has 1 amide bonds. The molecule has 0 saturated carbocycles. The molecule has 0 aliphatic heterocycles. The number of benzene rings is 2. The number of halogens is 1. The maximum absolute atomic E-state index is 12.3. The number of anilines is 1. The Labute approximate surface area is 151 Å². The van der Waals surface area contributed by atoms with Gasteiger partial charge in [-0.15, -0.1) is 0 Å². The molecular formula is C20H17ClN2O2. The normalized spacial score (nSPS) is 10.3. The van der Waals surface area contributed by atoms with Crippen molar-refractivity contribution in [2.24, 2.45) is 0 Å². The third-order valence-electron chi connectivity index (χ3n) is 3.78. The van der Waals surface area contributed by atoms with Crippen LogP contribution < -0.4 is 10.1 Å². The number of amides is 1. The lowest BCUT2D eigenvalue weighted by atomic mass is 10.1. The zero-order chi connectivity index (χ0) is 17.6. The summed E-state index contributed by atoms with van der Waals surface area (Å²) in [6.45, 7) is 0. The van der Waals surface area contributed by atoms with E-state index in [1.807, 2.05) is 36.4 Å². The Morgan fingerprint density at radius 3 is 2.36 bits per heavy atom. The Kier molecular flexibility index (Phi) is 5.31. The minimum absolute atomic E-state index is 0.216. The third kappa shape index (κ3) is 4.37. The maximum Gasteiger partial charge on any atom is 0.255 e. The van der Waals surface area contributed by atoms with E-state index in [1.54, 1.807) is 30.6 Å². The van der Waals surface area contributed by atoms with Crippen molar-refractivity contribution in [3.05, 3.63) is 88.7 Å². The van der Waals surface area contributed by atoms with Gasteiger partial charge in [-0.3, -0.25) is 9.78 Å². The zero-order valence-electron chi connectivity index (χ0n) is 13.7. The lowest BCUT2D eigenvalue weighted by Gasteiger charge is -2.08. The molecule has 1 N–H and O–H groups in total. The van der Waals surface area contributed by atoms with Crippen LogP contribution in [0.25, 0.3) is 0 Å². The van der Waals surface area contributed by atoms with Gasteiger partial charge in [0.1, 0.15) is 5.75 Å². The number of rotatable bonds is 5. The maximum atomic E-state index is 12.3. The van der Waals surface area contributed by atoms with E-state index < -0.39 is 0 Å². The quantitative estimate of drug-likeness (QED) is 0.730. The molecule has 0 spiro atoms. The van der Waals surface area contributed by atoms with Crippen molar-refractivity contribution >= 4 is 23.2 Å². The SMILES string of the molecule is COc1ccc(C(=O)Nc2ccc(Cc3ccncc3)cc2)cc1Cl. The van der Waals surface area contributed by atoms with Crippen LogP contribution in [0.5, 0.6) is 5.75 Å². The van der Waals surface area contributed by atoms with Gasteiger partial charge in [0, 0.05) is 23.6 Å². The van der Waals surface area contributed by atoms with E-state index in [4.69, 9.17) is 16.3 Å². The first-order chi connectivity index (χ1) is 12.2. The molecule has 0 radical (unpaired) electrons. The van der Waals surface area contributed by atoms with Gasteiger partial charge in [0.15, 0.2) is 0 Å². The summed E-state index contributed by atoms with van der Waals surface area (Å²) in [6, 6.07) is 16.7. The fraction of sp³-hybridized carbons (Fsp3) is 0.100. The number of hydrogen-bond acceptors (Lipinski definition) is 3. The average molecular weight is 353 g/mol. The molecule has 3 aromatic rings. The molecule has 0 aliphatic carbocycles. The number of ether oxygens (including phenoxy) is 1. The number of nitrogens with one attached hydrogen (secondary N) is 1. The van der Waals surface area contributed by atoms with Gasteiger partial charge in [-0.05, 0) is 60.0 Å². The number of aromatic nitrogens is 1. The van der Waals surface area contributed by atoms with Gasteiger partial charge in [-0.25, -0.2) is 0 Å². The molecule has 1 heterocycles. The van der Waals surface area contributed by atoms with Crippen LogP contribution in [0.2, 0.25) is 5.02 Å². The molecule has 126 valence electrons. The summed E-state index contributed by atoms with van der Waals surface area (Å²) in [5.41, 5.74) is 3.57. The molecule has 1 aromatic heterocycles. The second-order valence-electron chi connectivity index (χ2n) is 5.53. The first kappa shape index (κ1) is 17.0. The van der Waals surface area contributed by atoms with Crippen molar-refractivity contribution in [1.29, 1.82) is 0 Å². The number of carbonyl (C=O) groups excluding carboxylic acids is 1. The second-order valence-corrected chi connectivity index (χ2v) is 5.94. The minimum atomic E-state index is -0.216. The van der Waals surface area contributed by atoms with E-state index in [0.717, 1.165) is 17.7 Å². The Hall–Kier alpha value is -2.85. The number of methoxy groups -OCH3 is 1. The molecule has 5 heteroatoms. The average Bonchev–Trinajstić information content (AvgIpc) is 2.64. The van der Waals surface area contributed by atoms with Crippen molar-refractivity contribution in [2.75, 3.05) is 12.4 Å². The van der Waals surface area contributed by atoms with Gasteiger partial charge in [0.2, 0.25) is 0 Å². The summed E-state index contributed by atoms with van der Waals surface area (Å²) in [6.07, 6.45) is 4.39. The lowest BCUT2D eigenvalue weighted by molar-refractivity contribution is 0.102. The first-order valence-corrected chi connectivity index (χ1v) is 8.16. The Bertz CT molecular complexity index is 865. The highest BCUT2D eigenvalue weighted by molar-refractivity contribution is 6.32. The molecule has 0 bridgehead atoms. The molecule has 2 aromatic carbocycles. The van der Waals surface area contributed by atoms with Crippen LogP contribution in [0, 0.1) is 0 Å². The summed E-state index contributed by atoms with van der Waals surface area (Å²) in [7, 11) is 1.54. The van der Waals surface area contributed by atoms with Crippen LogP contribution in [0.4, 0.5) is 5.69 Å². The van der Waals surface area contributed by atoms with Crippen molar-refractivity contribution in [3.8, 4) is 5.75 Å². The summed E-state index contributed by atoms with van der Waals surface area (Å²) in [4.78, 5) is 16.3. The molecule has 0 saturated heterocycles. The van der Waals surface area contributed by atoms with E-state index >= 15 is 0 Å². The fourth-order valence-electron chi connectivity index (χ4n) is 2.45. The van der Waals surface area contributed by atoms with Crippen molar-refractivity contribution < 1.29 is 9.53 Å². The van der Waals surface area contributed by atoms with Gasteiger partial charge in [0.25, 0.3) is 5.91 Å². The highest BCUT2D eigenvalue weighted by Crippen LogP contribution is 2.25. The van der Waals surface area contributed by atoms with E-state index in [2.05, 4.69) is 10.3 Å². The Morgan fingerprint density at radius 1 is 1.04 bits per heavy atom. The molecular weight excluding hydrogens is 336 g/mol. The van der Waals surface area contributed by atoms with Crippen LogP contribution in [-0.4, -0.2) is 18.0 Å². The zero-order valence-corrected chi connectivity index (χ0v) is 14.5. The van der Waals surface area contributed by atoms with Crippen LogP contribution >= 0.6 is 11.6 Å². The minimum Gasteiger partial charge on any atom is -0.495 e. The molecule has 25 heavy (non-hydrogen) atoms. The third-order valence-corrected chi connectivity index (χ3v) is 4.08. The Balaban J connectivity index is 1.66. The smallest absolute Gasteiger partial charge is 0.255 e. The van der Waals surface area contributed by atoms with Crippen LogP contribution in [-0.2, 0) is 6.42 Å². The summed E-state index contributed by atoms with van der Waals surface area (Å²) in [5.74, 6) is 0.324. The van der Waals surface area contributed by atoms with Gasteiger partial charge in [-0.1, -0.05) is 23.7 Å². The molecule has 3 rings (SSSR count). The molecule has 0 unspecified atom stereocenters. The van der Waals surface area contributed by atoms with Gasteiger partial charge in [0.05, 0.1) is 12.1 Å². The number of carbonyl (C=O) groups is 1. The summed E-state index contributed by atoms with van der Waals surface area (Å²) in [5, 5.41) is 3.27. The van der Waals surface area contributed by atoms with Gasteiger partial charge in [-0.2, -0.15) is 0 Å². The van der Waals surface area contributed by atoms with E-state index in [0.29, 0.717) is 16.3 Å². The highest BCUT2D eigenvalue weighted by Gasteiger charge is 2.09. The molecule has 4 nitrogen and oxygen atoms in total. The first-order valence-electron chi connectivity index (χ1n) is 7.78. The van der Waals surface area contributed by atoms with E-state index in [-0.39, 0.29) is 5.91 Å². The van der Waals surface area contributed by atoms with Crippen molar-refractivity contribution in [1.82, 2.24) is 4.98 Å². The van der Waals surface area contributed by atoms with E-state index in [9.17, 15) is 4.79 Å². The molecule has 0 atom stereocenters. The van der Waals surface area contributed by atoms with Crippen LogP contribution in [0.3, 0.4) is 0 Å². The van der Waals surface area contributed by atoms with Crippen LogP contribution in [0.1, 0.15) is 21.5 Å². The second kappa shape index (κ2) is 7.81. The largest absolute Gasteiger partial charge is 0.495 e. The number of pyridine rings is 1. The summed E-state index contributed by atoms with van der Waals surface area (Å²) < 4.78 is 5.09. The molecule has 0 fully saturated rings. The predicted octanol–water partition coefficient (Wildman–Crippen LogP) is 4.59. The highest BCUT2D eigenvalue weighted by atomic mass is 35.5. The monoisotopic (exact) mass is 352 g/mol. The van der Waals surface area contributed by atoms with Gasteiger partial charge < -0.3 is 10.1 Å². The molecule has 0 aliphatic rings. The lowest BCUT2D eigenvalue weighted by Crippen LogP contribution is -2.11. The number of hydrogen-bond donors (Lipinski definition) is 1. The number of nitrogens with zero attached hydrogens (tertiary/aromatic N) is 1. The Morgan fingerprint density at radius 2 is 1.72 bits per heavy atom.